The highest BCUT2D eigenvalue weighted by molar-refractivity contribution is 9.10. The molecule has 1 unspecified atom stereocenters. The number of anilines is 2. The Morgan fingerprint density at radius 1 is 1.29 bits per heavy atom. The summed E-state index contributed by atoms with van der Waals surface area (Å²) in [4.78, 5) is 25.6. The summed E-state index contributed by atoms with van der Waals surface area (Å²) in [5.74, 6) is 0.358. The van der Waals surface area contributed by atoms with Gasteiger partial charge in [0.25, 0.3) is 5.91 Å². The summed E-state index contributed by atoms with van der Waals surface area (Å²) in [6.07, 6.45) is 2.21. The third kappa shape index (κ3) is 5.11. The molecule has 148 valence electrons. The molecule has 1 N–H and O–H groups in total. The normalized spacial score (nSPS) is 15.9. The number of hydrogen-bond acceptors (Lipinski definition) is 4. The Hall–Kier alpha value is -2.38. The van der Waals surface area contributed by atoms with Crippen molar-refractivity contribution in [3.63, 3.8) is 0 Å². The standard InChI is InChI=1S/C21H23BrN2O4/c1-14(25)24(2)17-6-3-5-16(12-17)23-21(26)15-8-9-20(19(22)11-15)28-13-18-7-4-10-27-18/h3,5-6,8-9,11-12,18H,4,7,10,13H2,1-2H3,(H,23,26). The van der Waals surface area contributed by atoms with Crippen molar-refractivity contribution in [2.45, 2.75) is 25.9 Å². The Morgan fingerprint density at radius 3 is 2.79 bits per heavy atom. The van der Waals surface area contributed by atoms with Crippen LogP contribution < -0.4 is 15.0 Å². The van der Waals surface area contributed by atoms with E-state index in [9.17, 15) is 9.59 Å². The molecule has 3 rings (SSSR count). The maximum Gasteiger partial charge on any atom is 0.255 e. The molecule has 1 aliphatic heterocycles. The number of ether oxygens (including phenoxy) is 2. The molecule has 1 aliphatic rings. The monoisotopic (exact) mass is 446 g/mol. The van der Waals surface area contributed by atoms with Gasteiger partial charge in [-0.25, -0.2) is 0 Å². The van der Waals surface area contributed by atoms with Gasteiger partial charge in [-0.1, -0.05) is 6.07 Å². The lowest BCUT2D eigenvalue weighted by molar-refractivity contribution is -0.116. The Bertz CT molecular complexity index is 865. The first-order chi connectivity index (χ1) is 13.4. The lowest BCUT2D eigenvalue weighted by Gasteiger charge is -2.16. The highest BCUT2D eigenvalue weighted by Gasteiger charge is 2.17. The topological polar surface area (TPSA) is 67.9 Å². The lowest BCUT2D eigenvalue weighted by Crippen LogP contribution is -2.23. The number of carbonyl (C=O) groups excluding carboxylic acids is 2. The average Bonchev–Trinajstić information content (AvgIpc) is 3.20. The molecule has 2 aromatic rings. The maximum absolute atomic E-state index is 12.6. The number of carbonyl (C=O) groups is 2. The first kappa shape index (κ1) is 20.4. The highest BCUT2D eigenvalue weighted by Crippen LogP contribution is 2.28. The molecular formula is C21H23BrN2O4. The molecule has 0 aromatic heterocycles. The third-order valence-corrected chi connectivity index (χ3v) is 5.23. The number of rotatable bonds is 6. The first-order valence-corrected chi connectivity index (χ1v) is 9.93. The summed E-state index contributed by atoms with van der Waals surface area (Å²) in [6, 6.07) is 12.4. The summed E-state index contributed by atoms with van der Waals surface area (Å²) in [5.41, 5.74) is 1.83. The average molecular weight is 447 g/mol. The van der Waals surface area contributed by atoms with E-state index in [0.717, 1.165) is 19.4 Å². The van der Waals surface area contributed by atoms with Gasteiger partial charge in [0, 0.05) is 37.5 Å². The van der Waals surface area contributed by atoms with Crippen LogP contribution in [-0.2, 0) is 9.53 Å². The second-order valence-electron chi connectivity index (χ2n) is 6.67. The van der Waals surface area contributed by atoms with Crippen LogP contribution in [0.2, 0.25) is 0 Å². The van der Waals surface area contributed by atoms with Crippen molar-refractivity contribution in [3.05, 3.63) is 52.5 Å². The minimum Gasteiger partial charge on any atom is -0.490 e. The largest absolute Gasteiger partial charge is 0.490 e. The number of amides is 2. The third-order valence-electron chi connectivity index (χ3n) is 4.61. The molecular weight excluding hydrogens is 424 g/mol. The fourth-order valence-corrected chi connectivity index (χ4v) is 3.39. The van der Waals surface area contributed by atoms with Crippen LogP contribution in [0.3, 0.4) is 0 Å². The molecule has 1 heterocycles. The van der Waals surface area contributed by atoms with Crippen LogP contribution >= 0.6 is 15.9 Å². The van der Waals surface area contributed by atoms with E-state index in [1.165, 1.54) is 11.8 Å². The highest BCUT2D eigenvalue weighted by atomic mass is 79.9. The SMILES string of the molecule is CC(=O)N(C)c1cccc(NC(=O)c2ccc(OCC3CCCO3)c(Br)c2)c1. The second kappa shape index (κ2) is 9.21. The van der Waals surface area contributed by atoms with Gasteiger partial charge >= 0.3 is 0 Å². The zero-order valence-electron chi connectivity index (χ0n) is 15.9. The van der Waals surface area contributed by atoms with E-state index in [2.05, 4.69) is 21.2 Å². The van der Waals surface area contributed by atoms with E-state index in [-0.39, 0.29) is 17.9 Å². The van der Waals surface area contributed by atoms with Crippen molar-refractivity contribution < 1.29 is 19.1 Å². The van der Waals surface area contributed by atoms with E-state index < -0.39 is 0 Å². The Morgan fingerprint density at radius 2 is 2.11 bits per heavy atom. The van der Waals surface area contributed by atoms with Crippen molar-refractivity contribution in [1.29, 1.82) is 0 Å². The predicted octanol–water partition coefficient (Wildman–Crippen LogP) is 4.24. The quantitative estimate of drug-likeness (QED) is 0.720. The van der Waals surface area contributed by atoms with Crippen LogP contribution in [0.4, 0.5) is 11.4 Å². The van der Waals surface area contributed by atoms with Gasteiger partial charge in [-0.05, 0) is 65.2 Å². The van der Waals surface area contributed by atoms with Crippen LogP contribution in [-0.4, -0.2) is 38.2 Å². The van der Waals surface area contributed by atoms with Gasteiger partial charge in [-0.2, -0.15) is 0 Å². The van der Waals surface area contributed by atoms with Crippen molar-refractivity contribution in [1.82, 2.24) is 0 Å². The summed E-state index contributed by atoms with van der Waals surface area (Å²) >= 11 is 3.47. The van der Waals surface area contributed by atoms with Crippen molar-refractivity contribution in [2.75, 3.05) is 30.5 Å². The van der Waals surface area contributed by atoms with Crippen molar-refractivity contribution >= 4 is 39.1 Å². The van der Waals surface area contributed by atoms with Crippen molar-refractivity contribution in [3.8, 4) is 5.75 Å². The lowest BCUT2D eigenvalue weighted by atomic mass is 10.2. The van der Waals surface area contributed by atoms with Gasteiger partial charge in [-0.15, -0.1) is 0 Å². The predicted molar refractivity (Wildman–Crippen MR) is 112 cm³/mol. The minimum absolute atomic E-state index is 0.0778. The zero-order chi connectivity index (χ0) is 20.1. The maximum atomic E-state index is 12.6. The van der Waals surface area contributed by atoms with Crippen LogP contribution in [0.15, 0.2) is 46.9 Å². The van der Waals surface area contributed by atoms with Gasteiger partial charge in [-0.3, -0.25) is 9.59 Å². The number of nitrogens with zero attached hydrogens (tertiary/aromatic N) is 1. The molecule has 0 bridgehead atoms. The molecule has 6 nitrogen and oxygen atoms in total. The molecule has 2 aromatic carbocycles. The molecule has 2 amide bonds. The minimum atomic E-state index is -0.242. The fourth-order valence-electron chi connectivity index (χ4n) is 2.90. The number of nitrogens with one attached hydrogen (secondary N) is 1. The zero-order valence-corrected chi connectivity index (χ0v) is 17.5. The van der Waals surface area contributed by atoms with Crippen LogP contribution in [0, 0.1) is 0 Å². The van der Waals surface area contributed by atoms with Crippen LogP contribution in [0.5, 0.6) is 5.75 Å². The fraction of sp³-hybridized carbons (Fsp3) is 0.333. The van der Waals surface area contributed by atoms with Gasteiger partial charge < -0.3 is 19.7 Å². The Balaban J connectivity index is 1.65. The van der Waals surface area contributed by atoms with E-state index in [0.29, 0.717) is 33.8 Å². The van der Waals surface area contributed by atoms with Crippen LogP contribution in [0.25, 0.3) is 0 Å². The molecule has 0 spiro atoms. The smallest absolute Gasteiger partial charge is 0.255 e. The molecule has 28 heavy (non-hydrogen) atoms. The van der Waals surface area contributed by atoms with E-state index in [4.69, 9.17) is 9.47 Å². The molecule has 1 atom stereocenters. The molecule has 1 fully saturated rings. The first-order valence-electron chi connectivity index (χ1n) is 9.13. The summed E-state index contributed by atoms with van der Waals surface area (Å²) < 4.78 is 12.1. The molecule has 1 saturated heterocycles. The van der Waals surface area contributed by atoms with Gasteiger partial charge in [0.05, 0.1) is 10.6 Å². The van der Waals surface area contributed by atoms with Crippen molar-refractivity contribution in [2.24, 2.45) is 0 Å². The Kier molecular flexibility index (Phi) is 6.70. The molecule has 0 saturated carbocycles. The second-order valence-corrected chi connectivity index (χ2v) is 7.53. The van der Waals surface area contributed by atoms with E-state index in [1.807, 2.05) is 6.07 Å². The summed E-state index contributed by atoms with van der Waals surface area (Å²) in [6.45, 7) is 2.78. The van der Waals surface area contributed by atoms with E-state index in [1.54, 1.807) is 43.4 Å². The van der Waals surface area contributed by atoms with Gasteiger partial charge in [0.15, 0.2) is 0 Å². The molecule has 7 heteroatoms. The van der Waals surface area contributed by atoms with Gasteiger partial charge in [0.2, 0.25) is 5.91 Å². The van der Waals surface area contributed by atoms with E-state index >= 15 is 0 Å². The van der Waals surface area contributed by atoms with Gasteiger partial charge in [0.1, 0.15) is 12.4 Å². The Labute approximate surface area is 172 Å². The van der Waals surface area contributed by atoms with Crippen LogP contribution in [0.1, 0.15) is 30.1 Å². The number of halogens is 1. The molecule has 0 radical (unpaired) electrons. The number of hydrogen-bond donors (Lipinski definition) is 1. The summed E-state index contributed by atoms with van der Waals surface area (Å²) in [7, 11) is 1.69. The molecule has 0 aliphatic carbocycles. The number of benzene rings is 2. The summed E-state index contributed by atoms with van der Waals surface area (Å²) in [5, 5.41) is 2.86.